The van der Waals surface area contributed by atoms with Crippen LogP contribution in [-0.4, -0.2) is 4.57 Å². The molecule has 2 N–H and O–H groups in total. The zero-order valence-electron chi connectivity index (χ0n) is 9.75. The quantitative estimate of drug-likeness (QED) is 0.821. The van der Waals surface area contributed by atoms with Gasteiger partial charge in [-0.15, -0.1) is 0 Å². The minimum absolute atomic E-state index is 0.662. The molecule has 1 heterocycles. The molecule has 1 aromatic rings. The van der Waals surface area contributed by atoms with Crippen LogP contribution in [0.3, 0.4) is 0 Å². The van der Waals surface area contributed by atoms with Crippen molar-refractivity contribution in [2.24, 2.45) is 5.92 Å². The fraction of sp³-hybridized carbons (Fsp3) is 0.583. The SMILES string of the molecule is CCn1c(C#N)cc(N)c1CCC(C)C. The lowest BCUT2D eigenvalue weighted by Crippen LogP contribution is -2.06. The molecule has 0 atom stereocenters. The lowest BCUT2D eigenvalue weighted by molar-refractivity contribution is 0.566. The summed E-state index contributed by atoms with van der Waals surface area (Å²) in [6.45, 7) is 7.24. The standard InChI is InChI=1S/C12H19N3/c1-4-15-10(8-13)7-11(14)12(15)6-5-9(2)3/h7,9H,4-6,14H2,1-3H3. The Morgan fingerprint density at radius 1 is 1.53 bits per heavy atom. The van der Waals surface area contributed by atoms with Crippen LogP contribution >= 0.6 is 0 Å². The van der Waals surface area contributed by atoms with Crippen LogP contribution in [0.15, 0.2) is 6.07 Å². The highest BCUT2D eigenvalue weighted by atomic mass is 15.0. The Morgan fingerprint density at radius 2 is 2.20 bits per heavy atom. The van der Waals surface area contributed by atoms with Gasteiger partial charge in [-0.3, -0.25) is 0 Å². The molecule has 0 amide bonds. The number of hydrogen-bond acceptors (Lipinski definition) is 2. The molecule has 0 fully saturated rings. The zero-order valence-corrected chi connectivity index (χ0v) is 9.75. The van der Waals surface area contributed by atoms with E-state index >= 15 is 0 Å². The van der Waals surface area contributed by atoms with Crippen molar-refractivity contribution in [3.05, 3.63) is 17.5 Å². The van der Waals surface area contributed by atoms with Crippen LogP contribution < -0.4 is 5.73 Å². The van der Waals surface area contributed by atoms with Gasteiger partial charge in [0.1, 0.15) is 11.8 Å². The van der Waals surface area contributed by atoms with Crippen LogP contribution in [0.4, 0.5) is 5.69 Å². The molecule has 1 aromatic heterocycles. The molecule has 0 radical (unpaired) electrons. The third-order valence-corrected chi connectivity index (χ3v) is 2.63. The molecule has 0 saturated carbocycles. The lowest BCUT2D eigenvalue weighted by atomic mass is 10.1. The van der Waals surface area contributed by atoms with Gasteiger partial charge in [-0.2, -0.15) is 5.26 Å². The van der Waals surface area contributed by atoms with E-state index in [1.54, 1.807) is 6.07 Å². The van der Waals surface area contributed by atoms with Gasteiger partial charge in [-0.05, 0) is 31.7 Å². The van der Waals surface area contributed by atoms with Gasteiger partial charge in [0.2, 0.25) is 0 Å². The molecule has 15 heavy (non-hydrogen) atoms. The van der Waals surface area contributed by atoms with Gasteiger partial charge >= 0.3 is 0 Å². The van der Waals surface area contributed by atoms with Crippen molar-refractivity contribution in [3.8, 4) is 6.07 Å². The van der Waals surface area contributed by atoms with Gasteiger partial charge in [0.15, 0.2) is 0 Å². The Labute approximate surface area is 91.5 Å². The van der Waals surface area contributed by atoms with Gasteiger partial charge in [0.25, 0.3) is 0 Å². The van der Waals surface area contributed by atoms with Crippen molar-refractivity contribution in [1.29, 1.82) is 5.26 Å². The summed E-state index contributed by atoms with van der Waals surface area (Å²) in [5.74, 6) is 0.662. The molecule has 82 valence electrons. The summed E-state index contributed by atoms with van der Waals surface area (Å²) in [7, 11) is 0. The Morgan fingerprint density at radius 3 is 2.67 bits per heavy atom. The van der Waals surface area contributed by atoms with Crippen LogP contribution in [0.1, 0.15) is 38.6 Å². The number of anilines is 1. The second kappa shape index (κ2) is 4.88. The molecule has 0 aliphatic rings. The summed E-state index contributed by atoms with van der Waals surface area (Å²) in [4.78, 5) is 0. The minimum Gasteiger partial charge on any atom is -0.397 e. The summed E-state index contributed by atoms with van der Waals surface area (Å²) in [5.41, 5.74) is 8.45. The summed E-state index contributed by atoms with van der Waals surface area (Å²) >= 11 is 0. The first-order chi connectivity index (χ1) is 7.10. The number of nitrogens with two attached hydrogens (primary N) is 1. The summed E-state index contributed by atoms with van der Waals surface area (Å²) in [6.07, 6.45) is 2.07. The second-order valence-electron chi connectivity index (χ2n) is 4.22. The Bertz CT molecular complexity index is 369. The summed E-state index contributed by atoms with van der Waals surface area (Å²) in [6, 6.07) is 3.96. The topological polar surface area (TPSA) is 54.7 Å². The van der Waals surface area contributed by atoms with Crippen molar-refractivity contribution in [2.45, 2.75) is 40.2 Å². The molecular formula is C12H19N3. The third-order valence-electron chi connectivity index (χ3n) is 2.63. The number of rotatable bonds is 4. The molecule has 0 aliphatic heterocycles. The van der Waals surface area contributed by atoms with Crippen LogP contribution in [0, 0.1) is 17.2 Å². The molecule has 3 nitrogen and oxygen atoms in total. The van der Waals surface area contributed by atoms with Gasteiger partial charge in [-0.1, -0.05) is 13.8 Å². The van der Waals surface area contributed by atoms with E-state index < -0.39 is 0 Å². The first-order valence-electron chi connectivity index (χ1n) is 5.48. The van der Waals surface area contributed by atoms with Crippen molar-refractivity contribution in [1.82, 2.24) is 4.57 Å². The van der Waals surface area contributed by atoms with E-state index in [9.17, 15) is 0 Å². The van der Waals surface area contributed by atoms with Gasteiger partial charge in [-0.25, -0.2) is 0 Å². The largest absolute Gasteiger partial charge is 0.397 e. The molecule has 0 spiro atoms. The maximum atomic E-state index is 8.94. The molecule has 0 bridgehead atoms. The first kappa shape index (κ1) is 11.6. The Hall–Kier alpha value is -1.43. The molecule has 1 rings (SSSR count). The molecule has 0 aliphatic carbocycles. The van der Waals surface area contributed by atoms with E-state index in [1.165, 1.54) is 0 Å². The van der Waals surface area contributed by atoms with Crippen molar-refractivity contribution in [3.63, 3.8) is 0 Å². The number of nitriles is 1. The first-order valence-corrected chi connectivity index (χ1v) is 5.48. The Kier molecular flexibility index (Phi) is 3.79. The number of nitrogen functional groups attached to an aromatic ring is 1. The second-order valence-corrected chi connectivity index (χ2v) is 4.22. The molecule has 0 saturated heterocycles. The van der Waals surface area contributed by atoms with Crippen LogP contribution in [0.5, 0.6) is 0 Å². The predicted octanol–water partition coefficient (Wildman–Crippen LogP) is 2.55. The van der Waals surface area contributed by atoms with Crippen LogP contribution in [0.2, 0.25) is 0 Å². The summed E-state index contributed by atoms with van der Waals surface area (Å²) in [5, 5.41) is 8.94. The van der Waals surface area contributed by atoms with E-state index in [4.69, 9.17) is 11.0 Å². The smallest absolute Gasteiger partial charge is 0.122 e. The highest BCUT2D eigenvalue weighted by molar-refractivity contribution is 5.50. The average Bonchev–Trinajstić information content (AvgIpc) is 2.51. The average molecular weight is 205 g/mol. The lowest BCUT2D eigenvalue weighted by Gasteiger charge is -2.10. The fourth-order valence-electron chi connectivity index (χ4n) is 1.77. The van der Waals surface area contributed by atoms with E-state index in [0.717, 1.165) is 30.8 Å². The Balaban J connectivity index is 2.95. The normalized spacial score (nSPS) is 10.6. The van der Waals surface area contributed by atoms with Crippen molar-refractivity contribution < 1.29 is 0 Å². The van der Waals surface area contributed by atoms with E-state index in [-0.39, 0.29) is 0 Å². The maximum Gasteiger partial charge on any atom is 0.122 e. The van der Waals surface area contributed by atoms with Gasteiger partial charge in [0.05, 0.1) is 5.69 Å². The fourth-order valence-corrected chi connectivity index (χ4v) is 1.77. The number of nitrogens with zero attached hydrogens (tertiary/aromatic N) is 2. The molecule has 0 unspecified atom stereocenters. The minimum atomic E-state index is 0.662. The van der Waals surface area contributed by atoms with Crippen LogP contribution in [0.25, 0.3) is 0 Å². The summed E-state index contributed by atoms with van der Waals surface area (Å²) < 4.78 is 2.01. The van der Waals surface area contributed by atoms with E-state index in [1.807, 2.05) is 11.5 Å². The highest BCUT2D eigenvalue weighted by Gasteiger charge is 2.11. The molecular weight excluding hydrogens is 186 g/mol. The van der Waals surface area contributed by atoms with Crippen LogP contribution in [-0.2, 0) is 13.0 Å². The third kappa shape index (κ3) is 2.53. The molecule has 0 aromatic carbocycles. The monoisotopic (exact) mass is 205 g/mol. The van der Waals surface area contributed by atoms with Gasteiger partial charge < -0.3 is 10.3 Å². The predicted molar refractivity (Wildman–Crippen MR) is 62.4 cm³/mol. The number of aromatic nitrogens is 1. The molecule has 3 heteroatoms. The highest BCUT2D eigenvalue weighted by Crippen LogP contribution is 2.21. The van der Waals surface area contributed by atoms with E-state index in [0.29, 0.717) is 11.6 Å². The van der Waals surface area contributed by atoms with Crippen molar-refractivity contribution in [2.75, 3.05) is 5.73 Å². The van der Waals surface area contributed by atoms with Crippen molar-refractivity contribution >= 4 is 5.69 Å². The maximum absolute atomic E-state index is 8.94. The zero-order chi connectivity index (χ0) is 11.4. The number of hydrogen-bond donors (Lipinski definition) is 1. The van der Waals surface area contributed by atoms with E-state index in [2.05, 4.69) is 19.9 Å². The van der Waals surface area contributed by atoms with Gasteiger partial charge in [0, 0.05) is 12.2 Å².